The Labute approximate surface area is 312 Å². The minimum atomic E-state index is -1.01. The monoisotopic (exact) mass is 689 g/mol. The standard InChI is InChI=1S/C50H43NO2/c1-49(2,52)45-32-24-36-14-8-10-16-43(36)47(45)38-20-28-41(29-21-38)51(40-26-18-35(19-27-40)34-12-6-5-7-13-34)42-30-22-39(23-31-42)48-44-17-11-9-15-37(44)25-33-46(48)50(3,4)53/h5-33,52-53H,1-4H3. The molecule has 0 aliphatic heterocycles. The molecule has 0 bridgehead atoms. The summed E-state index contributed by atoms with van der Waals surface area (Å²) in [5.74, 6) is 0. The maximum Gasteiger partial charge on any atom is 0.0846 e. The van der Waals surface area contributed by atoms with E-state index in [1.807, 2.05) is 45.9 Å². The highest BCUT2D eigenvalue weighted by Gasteiger charge is 2.25. The maximum atomic E-state index is 11.2. The smallest absolute Gasteiger partial charge is 0.0846 e. The molecule has 0 amide bonds. The number of hydrogen-bond donors (Lipinski definition) is 2. The van der Waals surface area contributed by atoms with Gasteiger partial charge in [0.1, 0.15) is 0 Å². The highest BCUT2D eigenvalue weighted by atomic mass is 16.3. The van der Waals surface area contributed by atoms with Crippen molar-refractivity contribution in [2.75, 3.05) is 4.90 Å². The molecule has 8 rings (SSSR count). The summed E-state index contributed by atoms with van der Waals surface area (Å²) < 4.78 is 0. The number of hydrogen-bond acceptors (Lipinski definition) is 3. The maximum absolute atomic E-state index is 11.2. The fourth-order valence-corrected chi connectivity index (χ4v) is 7.62. The largest absolute Gasteiger partial charge is 0.386 e. The van der Waals surface area contributed by atoms with Gasteiger partial charge in [0.05, 0.1) is 11.2 Å². The van der Waals surface area contributed by atoms with Crippen LogP contribution in [0, 0.1) is 0 Å². The summed E-state index contributed by atoms with van der Waals surface area (Å²) in [6.45, 7) is 7.40. The minimum Gasteiger partial charge on any atom is -0.386 e. The molecule has 53 heavy (non-hydrogen) atoms. The second-order valence-electron chi connectivity index (χ2n) is 14.9. The Morgan fingerprint density at radius 3 is 1.08 bits per heavy atom. The summed E-state index contributed by atoms with van der Waals surface area (Å²) in [5.41, 5.74) is 9.35. The predicted octanol–water partition coefficient (Wildman–Crippen LogP) is 12.9. The SMILES string of the molecule is CC(C)(O)c1ccc2ccccc2c1-c1ccc(N(c2ccc(-c3ccccc3)cc2)c2ccc(-c3c(C(C)(C)O)ccc4ccccc34)cc2)cc1. The van der Waals surface area contributed by atoms with Gasteiger partial charge in [-0.05, 0) is 130 Å². The number of benzene rings is 8. The van der Waals surface area contributed by atoms with Crippen molar-refractivity contribution in [2.45, 2.75) is 38.9 Å². The second kappa shape index (κ2) is 13.5. The van der Waals surface area contributed by atoms with Crippen LogP contribution in [0.25, 0.3) is 54.9 Å². The predicted molar refractivity (Wildman–Crippen MR) is 223 cm³/mol. The molecule has 0 aliphatic carbocycles. The molecular formula is C50H43NO2. The molecule has 0 saturated carbocycles. The van der Waals surface area contributed by atoms with Gasteiger partial charge < -0.3 is 15.1 Å². The van der Waals surface area contributed by atoms with Gasteiger partial charge in [-0.15, -0.1) is 0 Å². The molecule has 8 aromatic rings. The van der Waals surface area contributed by atoms with Crippen LogP contribution in [-0.2, 0) is 11.2 Å². The van der Waals surface area contributed by atoms with E-state index in [2.05, 4.69) is 163 Å². The zero-order valence-corrected chi connectivity index (χ0v) is 30.6. The zero-order valence-electron chi connectivity index (χ0n) is 30.6. The number of rotatable bonds is 8. The minimum absolute atomic E-state index is 0.895. The third-order valence-electron chi connectivity index (χ3n) is 10.2. The zero-order chi connectivity index (χ0) is 36.7. The quantitative estimate of drug-likeness (QED) is 0.167. The fourth-order valence-electron chi connectivity index (χ4n) is 7.62. The van der Waals surface area contributed by atoms with Crippen molar-refractivity contribution >= 4 is 38.6 Å². The lowest BCUT2D eigenvalue weighted by molar-refractivity contribution is 0.0787. The van der Waals surface area contributed by atoms with Gasteiger partial charge in [-0.2, -0.15) is 0 Å². The molecule has 0 radical (unpaired) electrons. The fraction of sp³-hybridized carbons (Fsp3) is 0.120. The van der Waals surface area contributed by atoms with Gasteiger partial charge >= 0.3 is 0 Å². The van der Waals surface area contributed by atoms with E-state index in [0.717, 1.165) is 77.6 Å². The van der Waals surface area contributed by atoms with Crippen molar-refractivity contribution in [3.05, 3.63) is 187 Å². The van der Waals surface area contributed by atoms with E-state index >= 15 is 0 Å². The molecule has 2 N–H and O–H groups in total. The highest BCUT2D eigenvalue weighted by molar-refractivity contribution is 6.00. The molecule has 0 aliphatic rings. The topological polar surface area (TPSA) is 43.7 Å². The van der Waals surface area contributed by atoms with Crippen molar-refractivity contribution in [1.82, 2.24) is 0 Å². The Morgan fingerprint density at radius 1 is 0.340 bits per heavy atom. The van der Waals surface area contributed by atoms with Crippen LogP contribution in [0.3, 0.4) is 0 Å². The highest BCUT2D eigenvalue weighted by Crippen LogP contribution is 2.43. The first-order valence-electron chi connectivity index (χ1n) is 18.2. The van der Waals surface area contributed by atoms with Crippen LogP contribution < -0.4 is 4.90 Å². The molecule has 0 atom stereocenters. The number of nitrogens with zero attached hydrogens (tertiary/aromatic N) is 1. The van der Waals surface area contributed by atoms with E-state index in [-0.39, 0.29) is 0 Å². The van der Waals surface area contributed by atoms with Crippen LogP contribution >= 0.6 is 0 Å². The van der Waals surface area contributed by atoms with E-state index in [1.165, 1.54) is 5.56 Å². The number of fused-ring (bicyclic) bond motifs is 2. The van der Waals surface area contributed by atoms with Gasteiger partial charge in [0.2, 0.25) is 0 Å². The van der Waals surface area contributed by atoms with Crippen LogP contribution in [0.5, 0.6) is 0 Å². The summed E-state index contributed by atoms with van der Waals surface area (Å²) >= 11 is 0. The summed E-state index contributed by atoms with van der Waals surface area (Å²) in [4.78, 5) is 2.28. The van der Waals surface area contributed by atoms with Gasteiger partial charge in [0.25, 0.3) is 0 Å². The lowest BCUT2D eigenvalue weighted by atomic mass is 9.86. The molecule has 0 saturated heterocycles. The Morgan fingerprint density at radius 2 is 0.679 bits per heavy atom. The Bertz CT molecular complexity index is 2400. The lowest BCUT2D eigenvalue weighted by Crippen LogP contribution is -2.17. The second-order valence-corrected chi connectivity index (χ2v) is 14.9. The van der Waals surface area contributed by atoms with E-state index in [1.54, 1.807) is 0 Å². The first kappa shape index (κ1) is 34.1. The molecular weight excluding hydrogens is 647 g/mol. The van der Waals surface area contributed by atoms with Crippen LogP contribution in [0.2, 0.25) is 0 Å². The van der Waals surface area contributed by atoms with Crippen LogP contribution in [-0.4, -0.2) is 10.2 Å². The molecule has 0 unspecified atom stereocenters. The molecule has 0 aromatic heterocycles. The molecule has 0 spiro atoms. The first-order valence-corrected chi connectivity index (χ1v) is 18.2. The molecule has 260 valence electrons. The van der Waals surface area contributed by atoms with Crippen molar-refractivity contribution in [3.8, 4) is 33.4 Å². The van der Waals surface area contributed by atoms with E-state index < -0.39 is 11.2 Å². The molecule has 3 heteroatoms. The molecule has 3 nitrogen and oxygen atoms in total. The molecule has 0 heterocycles. The third-order valence-corrected chi connectivity index (χ3v) is 10.2. The Balaban J connectivity index is 1.25. The van der Waals surface area contributed by atoms with Crippen LogP contribution in [0.1, 0.15) is 38.8 Å². The summed E-state index contributed by atoms with van der Waals surface area (Å²) in [7, 11) is 0. The van der Waals surface area contributed by atoms with Crippen molar-refractivity contribution < 1.29 is 10.2 Å². The van der Waals surface area contributed by atoms with Gasteiger partial charge in [-0.1, -0.05) is 140 Å². The van der Waals surface area contributed by atoms with Crippen molar-refractivity contribution in [3.63, 3.8) is 0 Å². The average molecular weight is 690 g/mol. The third kappa shape index (κ3) is 6.62. The van der Waals surface area contributed by atoms with Gasteiger partial charge in [0.15, 0.2) is 0 Å². The number of aliphatic hydroxyl groups is 2. The summed E-state index contributed by atoms with van der Waals surface area (Å²) in [6, 6.07) is 61.5. The average Bonchev–Trinajstić information content (AvgIpc) is 3.17. The van der Waals surface area contributed by atoms with Gasteiger partial charge in [0, 0.05) is 17.1 Å². The van der Waals surface area contributed by atoms with Gasteiger partial charge in [-0.25, -0.2) is 0 Å². The van der Waals surface area contributed by atoms with E-state index in [4.69, 9.17) is 0 Å². The lowest BCUT2D eigenvalue weighted by Gasteiger charge is -2.27. The number of anilines is 3. The van der Waals surface area contributed by atoms with Crippen LogP contribution in [0.15, 0.2) is 176 Å². The Hall–Kier alpha value is -6.00. The van der Waals surface area contributed by atoms with Crippen molar-refractivity contribution in [2.24, 2.45) is 0 Å². The van der Waals surface area contributed by atoms with E-state index in [0.29, 0.717) is 0 Å². The van der Waals surface area contributed by atoms with Crippen molar-refractivity contribution in [1.29, 1.82) is 0 Å². The molecule has 0 fully saturated rings. The summed E-state index contributed by atoms with van der Waals surface area (Å²) in [6.07, 6.45) is 0. The van der Waals surface area contributed by atoms with Crippen LogP contribution in [0.4, 0.5) is 17.1 Å². The van der Waals surface area contributed by atoms with E-state index in [9.17, 15) is 10.2 Å². The Kier molecular flexibility index (Phi) is 8.70. The molecule has 8 aromatic carbocycles. The summed E-state index contributed by atoms with van der Waals surface area (Å²) in [5, 5.41) is 27.0. The first-order chi connectivity index (χ1) is 25.6. The normalized spacial score (nSPS) is 12.0. The van der Waals surface area contributed by atoms with Gasteiger partial charge in [-0.3, -0.25) is 0 Å².